The van der Waals surface area contributed by atoms with Crippen LogP contribution in [0.4, 0.5) is 4.79 Å². The fourth-order valence-electron chi connectivity index (χ4n) is 0.977. The molecule has 0 spiro atoms. The normalized spacial score (nSPS) is 19.8. The van der Waals surface area contributed by atoms with Crippen molar-refractivity contribution in [2.75, 3.05) is 26.2 Å². The molecule has 1 heterocycles. The van der Waals surface area contributed by atoms with Crippen molar-refractivity contribution in [1.82, 2.24) is 4.90 Å². The zero-order chi connectivity index (χ0) is 11.0. The number of carbonyl (C=O) groups excluding carboxylic acids is 1. The van der Waals surface area contributed by atoms with Gasteiger partial charge in [-0.05, 0) is 19.6 Å². The fraction of sp³-hybridized carbons (Fsp3) is 0.889. The van der Waals surface area contributed by atoms with Gasteiger partial charge in [0.15, 0.2) is 0 Å². The minimum Gasteiger partial charge on any atom is -0.429 e. The second-order valence-corrected chi connectivity index (χ2v) is 3.20. The predicted molar refractivity (Wildman–Crippen MR) is 55.5 cm³/mol. The number of hydrogen-bond donors (Lipinski definition) is 0. The van der Waals surface area contributed by atoms with E-state index in [1.807, 2.05) is 0 Å². The Bertz CT molecular complexity index is 157. The van der Waals surface area contributed by atoms with E-state index in [2.05, 4.69) is 35.1 Å². The number of ether oxygens (including phenoxy) is 2. The lowest BCUT2D eigenvalue weighted by atomic mass is 10.5. The lowest BCUT2D eigenvalue weighted by molar-refractivity contribution is 0.128. The highest BCUT2D eigenvalue weighted by atomic mass is 35.5. The van der Waals surface area contributed by atoms with Crippen molar-refractivity contribution in [2.24, 2.45) is 0 Å². The van der Waals surface area contributed by atoms with Gasteiger partial charge >= 0.3 is 6.16 Å². The quantitative estimate of drug-likeness (QED) is 0.543. The van der Waals surface area contributed by atoms with Crippen LogP contribution in [0.15, 0.2) is 0 Å². The van der Waals surface area contributed by atoms with Gasteiger partial charge in [0.05, 0.1) is 0 Å². The number of carbonyl (C=O) groups is 1. The summed E-state index contributed by atoms with van der Waals surface area (Å²) in [6, 6.07) is 0. The molecule has 1 aliphatic rings. The molecule has 4 nitrogen and oxygen atoms in total. The summed E-state index contributed by atoms with van der Waals surface area (Å²) in [5, 5.41) is 0. The molecule has 1 aliphatic heterocycles. The van der Waals surface area contributed by atoms with E-state index in [0.717, 1.165) is 0 Å². The summed E-state index contributed by atoms with van der Waals surface area (Å²) < 4.78 is 8.54. The maximum Gasteiger partial charge on any atom is 0.510 e. The maximum atomic E-state index is 9.92. The molecule has 1 fully saturated rings. The average molecular weight is 224 g/mol. The molecule has 5 heteroatoms. The molecule has 0 aromatic heterocycles. The van der Waals surface area contributed by atoms with Crippen LogP contribution in [0, 0.1) is 0 Å². The molecule has 0 aromatic rings. The monoisotopic (exact) mass is 223 g/mol. The number of nitrogens with zero attached hydrogens (tertiary/aromatic N) is 1. The largest absolute Gasteiger partial charge is 0.510 e. The molecule has 84 valence electrons. The van der Waals surface area contributed by atoms with E-state index in [0.29, 0.717) is 0 Å². The third kappa shape index (κ3) is 6.05. The van der Waals surface area contributed by atoms with E-state index < -0.39 is 11.7 Å². The van der Waals surface area contributed by atoms with Crippen molar-refractivity contribution in [2.45, 2.75) is 26.3 Å². The van der Waals surface area contributed by atoms with Crippen molar-refractivity contribution in [1.29, 1.82) is 0 Å². The third-order valence-corrected chi connectivity index (χ3v) is 2.11. The van der Waals surface area contributed by atoms with Gasteiger partial charge < -0.3 is 14.4 Å². The first kappa shape index (κ1) is 13.5. The van der Waals surface area contributed by atoms with Crippen molar-refractivity contribution in [3.63, 3.8) is 0 Å². The lowest BCUT2D eigenvalue weighted by Crippen LogP contribution is -2.21. The van der Waals surface area contributed by atoms with Gasteiger partial charge in [-0.3, -0.25) is 0 Å². The van der Waals surface area contributed by atoms with Crippen LogP contribution in [0.1, 0.15) is 20.8 Å². The summed E-state index contributed by atoms with van der Waals surface area (Å²) in [5.74, 6) is 0. The molecule has 0 radical (unpaired) electrons. The van der Waals surface area contributed by atoms with Crippen molar-refractivity contribution < 1.29 is 14.3 Å². The summed E-state index contributed by atoms with van der Waals surface area (Å²) in [5.41, 5.74) is -0.576. The Balaban J connectivity index is 0.000000241. The molecule has 1 unspecified atom stereocenters. The van der Waals surface area contributed by atoms with Gasteiger partial charge in [-0.15, -0.1) is 0 Å². The summed E-state index contributed by atoms with van der Waals surface area (Å²) >= 11 is 5.24. The van der Waals surface area contributed by atoms with Crippen LogP contribution in [0.5, 0.6) is 0 Å². The van der Waals surface area contributed by atoms with E-state index in [1.165, 1.54) is 19.6 Å². The molecule has 1 rings (SSSR count). The van der Waals surface area contributed by atoms with Crippen LogP contribution in [0.25, 0.3) is 0 Å². The average Bonchev–Trinajstić information content (AvgIpc) is 2.54. The van der Waals surface area contributed by atoms with Crippen LogP contribution in [-0.4, -0.2) is 42.9 Å². The van der Waals surface area contributed by atoms with Crippen molar-refractivity contribution in [3.05, 3.63) is 0 Å². The standard InChI is InChI=1S/C6H15N.C3H3ClO3/c1-4-7(5-2)6-3;4-2-1-6-3(5)7-2/h4-6H2,1-3H3;2H,1H2. The number of cyclic esters (lactones) is 2. The summed E-state index contributed by atoms with van der Waals surface area (Å²) in [7, 11) is 0. The van der Waals surface area contributed by atoms with E-state index in [-0.39, 0.29) is 6.61 Å². The van der Waals surface area contributed by atoms with Crippen LogP contribution < -0.4 is 0 Å². The minimum absolute atomic E-state index is 0.167. The molecule has 0 N–H and O–H groups in total. The van der Waals surface area contributed by atoms with Crippen LogP contribution in [0.2, 0.25) is 0 Å². The van der Waals surface area contributed by atoms with Crippen molar-refractivity contribution in [3.8, 4) is 0 Å². The Morgan fingerprint density at radius 2 is 1.86 bits per heavy atom. The van der Waals surface area contributed by atoms with Gasteiger partial charge in [-0.1, -0.05) is 32.4 Å². The van der Waals surface area contributed by atoms with Gasteiger partial charge in [-0.25, -0.2) is 4.79 Å². The zero-order valence-electron chi connectivity index (χ0n) is 8.96. The Labute approximate surface area is 90.1 Å². The molecular formula is C9H18ClNO3. The number of alkyl halides is 1. The molecule has 0 amide bonds. The van der Waals surface area contributed by atoms with Gasteiger partial charge in [0.25, 0.3) is 0 Å². The highest BCUT2D eigenvalue weighted by Gasteiger charge is 2.21. The maximum absolute atomic E-state index is 9.92. The molecule has 0 aliphatic carbocycles. The Hall–Kier alpha value is -0.480. The molecule has 0 aromatic carbocycles. The van der Waals surface area contributed by atoms with E-state index >= 15 is 0 Å². The van der Waals surface area contributed by atoms with Crippen LogP contribution in [-0.2, 0) is 9.47 Å². The second-order valence-electron chi connectivity index (χ2n) is 2.71. The molecular weight excluding hydrogens is 206 g/mol. The number of hydrogen-bond acceptors (Lipinski definition) is 4. The Kier molecular flexibility index (Phi) is 7.61. The van der Waals surface area contributed by atoms with E-state index in [1.54, 1.807) is 0 Å². The van der Waals surface area contributed by atoms with Gasteiger partial charge in [0, 0.05) is 0 Å². The summed E-state index contributed by atoms with van der Waals surface area (Å²) in [6.07, 6.45) is -0.681. The van der Waals surface area contributed by atoms with Gasteiger partial charge in [0.1, 0.15) is 6.61 Å². The number of rotatable bonds is 3. The fourth-order valence-corrected chi connectivity index (χ4v) is 1.11. The van der Waals surface area contributed by atoms with E-state index in [4.69, 9.17) is 11.6 Å². The highest BCUT2D eigenvalue weighted by molar-refractivity contribution is 6.20. The molecule has 1 saturated heterocycles. The molecule has 1 atom stereocenters. The first-order valence-electron chi connectivity index (χ1n) is 4.83. The number of halogens is 1. The minimum atomic E-state index is -0.681. The summed E-state index contributed by atoms with van der Waals surface area (Å²) in [4.78, 5) is 12.3. The van der Waals surface area contributed by atoms with Gasteiger partial charge in [0.2, 0.25) is 5.56 Å². The van der Waals surface area contributed by atoms with Crippen LogP contribution in [0.3, 0.4) is 0 Å². The first-order valence-corrected chi connectivity index (χ1v) is 5.27. The molecule has 0 bridgehead atoms. The summed E-state index contributed by atoms with van der Waals surface area (Å²) in [6.45, 7) is 10.3. The van der Waals surface area contributed by atoms with Crippen LogP contribution >= 0.6 is 11.6 Å². The zero-order valence-corrected chi connectivity index (χ0v) is 9.71. The van der Waals surface area contributed by atoms with E-state index in [9.17, 15) is 4.79 Å². The van der Waals surface area contributed by atoms with Crippen molar-refractivity contribution >= 4 is 17.8 Å². The second kappa shape index (κ2) is 7.88. The predicted octanol–water partition coefficient (Wildman–Crippen LogP) is 2.07. The molecule has 14 heavy (non-hydrogen) atoms. The first-order chi connectivity index (χ1) is 6.63. The third-order valence-electron chi connectivity index (χ3n) is 1.90. The smallest absolute Gasteiger partial charge is 0.429 e. The SMILES string of the molecule is CCN(CC)CC.O=C1OCC(Cl)O1. The molecule has 0 saturated carbocycles. The Morgan fingerprint density at radius 1 is 1.36 bits per heavy atom. The topological polar surface area (TPSA) is 38.8 Å². The highest BCUT2D eigenvalue weighted by Crippen LogP contribution is 2.08. The lowest BCUT2D eigenvalue weighted by Gasteiger charge is -2.13. The Morgan fingerprint density at radius 3 is 1.93 bits per heavy atom. The van der Waals surface area contributed by atoms with Gasteiger partial charge in [-0.2, -0.15) is 0 Å².